The van der Waals surface area contributed by atoms with Crippen LogP contribution in [-0.2, 0) is 0 Å². The molecule has 0 spiro atoms. The van der Waals surface area contributed by atoms with Crippen LogP contribution < -0.4 is 0 Å². The number of rotatable bonds is 13. The minimum Gasteiger partial charge on any atom is -0.103 e. The molecule has 0 radical (unpaired) electrons. The highest BCUT2D eigenvalue weighted by Gasteiger charge is 2.30. The molecule has 0 bridgehead atoms. The van der Waals surface area contributed by atoms with Crippen LogP contribution in [0.5, 0.6) is 0 Å². The molecule has 0 aliphatic carbocycles. The summed E-state index contributed by atoms with van der Waals surface area (Å²) in [5, 5.41) is 0. The Labute approximate surface area is 130 Å². The summed E-state index contributed by atoms with van der Waals surface area (Å²) in [5.41, 5.74) is 1.03. The van der Waals surface area contributed by atoms with Crippen molar-refractivity contribution in [2.45, 2.75) is 103 Å². The Balaban J connectivity index is 3.96. The van der Waals surface area contributed by atoms with Crippen LogP contribution >= 0.6 is 0 Å². The predicted molar refractivity (Wildman–Crippen MR) is 98.3 cm³/mol. The van der Waals surface area contributed by atoms with Crippen molar-refractivity contribution >= 4 is 8.07 Å². The van der Waals surface area contributed by atoms with Gasteiger partial charge in [-0.25, -0.2) is 0 Å². The van der Waals surface area contributed by atoms with Crippen molar-refractivity contribution in [3.8, 4) is 0 Å². The molecule has 0 rings (SSSR count). The predicted octanol–water partition coefficient (Wildman–Crippen LogP) is 7.44. The Morgan fingerprint density at radius 3 is 2.05 bits per heavy atom. The summed E-state index contributed by atoms with van der Waals surface area (Å²) in [5.74, 6) is 0.947. The van der Waals surface area contributed by atoms with Crippen LogP contribution in [0.25, 0.3) is 0 Å². The molecular formula is C19H40Si. The van der Waals surface area contributed by atoms with E-state index in [1.54, 1.807) is 0 Å². The first-order valence-electron chi connectivity index (χ1n) is 9.04. The van der Waals surface area contributed by atoms with Crippen LogP contribution in [0.4, 0.5) is 0 Å². The van der Waals surface area contributed by atoms with Gasteiger partial charge < -0.3 is 0 Å². The minimum absolute atomic E-state index is 0.947. The molecule has 0 heterocycles. The van der Waals surface area contributed by atoms with Gasteiger partial charge >= 0.3 is 0 Å². The second-order valence-electron chi connectivity index (χ2n) is 7.73. The maximum Gasteiger partial charge on any atom is 0.0476 e. The number of unbranched alkanes of at least 4 members (excludes halogenated alkanes) is 6. The molecule has 1 heteroatoms. The molecule has 0 aliphatic rings. The average molecular weight is 297 g/mol. The van der Waals surface area contributed by atoms with Crippen LogP contribution in [0.15, 0.2) is 12.7 Å². The Kier molecular flexibility index (Phi) is 11.6. The summed E-state index contributed by atoms with van der Waals surface area (Å²) in [4.78, 5) is 0. The minimum atomic E-state index is -0.994. The van der Waals surface area contributed by atoms with E-state index < -0.39 is 8.07 Å². The van der Waals surface area contributed by atoms with Crippen LogP contribution in [-0.4, -0.2) is 8.07 Å². The fourth-order valence-electron chi connectivity index (χ4n) is 3.48. The molecule has 2 unspecified atom stereocenters. The lowest BCUT2D eigenvalue weighted by molar-refractivity contribution is 0.431. The lowest BCUT2D eigenvalue weighted by Crippen LogP contribution is -2.32. The van der Waals surface area contributed by atoms with E-state index in [2.05, 4.69) is 46.1 Å². The van der Waals surface area contributed by atoms with Crippen molar-refractivity contribution < 1.29 is 0 Å². The SMILES string of the molecule is C=CCCCCCCCC(C(C)CCCC)[Si](C)(C)C. The summed E-state index contributed by atoms with van der Waals surface area (Å²) in [6.45, 7) is 16.3. The van der Waals surface area contributed by atoms with Crippen LogP contribution in [0.3, 0.4) is 0 Å². The van der Waals surface area contributed by atoms with Crippen LogP contribution in [0, 0.1) is 5.92 Å². The van der Waals surface area contributed by atoms with Crippen molar-refractivity contribution in [2.75, 3.05) is 0 Å². The third kappa shape index (κ3) is 9.80. The highest BCUT2D eigenvalue weighted by atomic mass is 28.3. The Hall–Kier alpha value is -0.0431. The zero-order valence-electron chi connectivity index (χ0n) is 15.0. The average Bonchev–Trinajstić information content (AvgIpc) is 2.37. The molecule has 0 nitrogen and oxygen atoms in total. The molecule has 0 aliphatic heterocycles. The van der Waals surface area contributed by atoms with E-state index in [4.69, 9.17) is 0 Å². The summed E-state index contributed by atoms with van der Waals surface area (Å²) in [7, 11) is -0.994. The fraction of sp³-hybridized carbons (Fsp3) is 0.895. The van der Waals surface area contributed by atoms with Crippen LogP contribution in [0.1, 0.15) is 78.1 Å². The zero-order chi connectivity index (χ0) is 15.4. The van der Waals surface area contributed by atoms with Gasteiger partial charge in [-0.2, -0.15) is 0 Å². The number of hydrogen-bond acceptors (Lipinski definition) is 0. The van der Waals surface area contributed by atoms with E-state index in [0.29, 0.717) is 0 Å². The van der Waals surface area contributed by atoms with Gasteiger partial charge in [-0.15, -0.1) is 6.58 Å². The first-order chi connectivity index (χ1) is 9.43. The second-order valence-corrected chi connectivity index (χ2v) is 13.2. The Morgan fingerprint density at radius 2 is 1.50 bits per heavy atom. The molecule has 0 saturated heterocycles. The van der Waals surface area contributed by atoms with Crippen molar-refractivity contribution in [1.29, 1.82) is 0 Å². The van der Waals surface area contributed by atoms with Crippen molar-refractivity contribution in [3.05, 3.63) is 12.7 Å². The smallest absolute Gasteiger partial charge is 0.0476 e. The lowest BCUT2D eigenvalue weighted by atomic mass is 9.96. The first kappa shape index (κ1) is 20.0. The quantitative estimate of drug-likeness (QED) is 0.188. The van der Waals surface area contributed by atoms with E-state index in [-0.39, 0.29) is 0 Å². The molecule has 0 amide bonds. The summed E-state index contributed by atoms with van der Waals surface area (Å²) in [6, 6.07) is 0. The lowest BCUT2D eigenvalue weighted by Gasteiger charge is -2.34. The Bertz CT molecular complexity index is 226. The second kappa shape index (κ2) is 11.6. The highest BCUT2D eigenvalue weighted by Crippen LogP contribution is 2.37. The molecule has 0 aromatic rings. The molecule has 0 aromatic carbocycles. The molecule has 0 fully saturated rings. The normalized spacial score (nSPS) is 15.1. The highest BCUT2D eigenvalue weighted by molar-refractivity contribution is 6.77. The van der Waals surface area contributed by atoms with E-state index in [1.165, 1.54) is 64.2 Å². The van der Waals surface area contributed by atoms with Crippen LogP contribution in [0.2, 0.25) is 25.2 Å². The van der Waals surface area contributed by atoms with E-state index in [0.717, 1.165) is 11.5 Å². The standard InChI is InChI=1S/C19H40Si/c1-7-9-11-12-13-14-15-17-19(20(4,5)6)18(3)16-10-8-2/h7,18-19H,1,8-17H2,2-6H3. The third-order valence-corrected chi connectivity index (χ3v) is 7.82. The molecular weight excluding hydrogens is 256 g/mol. The molecule has 0 saturated carbocycles. The number of hydrogen-bond donors (Lipinski definition) is 0. The molecule has 0 N–H and O–H groups in total. The fourth-order valence-corrected chi connectivity index (χ4v) is 6.43. The molecule has 20 heavy (non-hydrogen) atoms. The molecule has 0 aromatic heterocycles. The van der Waals surface area contributed by atoms with Gasteiger partial charge in [0.2, 0.25) is 0 Å². The number of allylic oxidation sites excluding steroid dienone is 1. The topological polar surface area (TPSA) is 0 Å². The molecule has 2 atom stereocenters. The van der Waals surface area contributed by atoms with Gasteiger partial charge in [0.1, 0.15) is 0 Å². The van der Waals surface area contributed by atoms with Gasteiger partial charge in [-0.1, -0.05) is 90.9 Å². The van der Waals surface area contributed by atoms with Gasteiger partial charge in [0, 0.05) is 8.07 Å². The Morgan fingerprint density at radius 1 is 0.900 bits per heavy atom. The molecule has 120 valence electrons. The van der Waals surface area contributed by atoms with Gasteiger partial charge in [-0.3, -0.25) is 0 Å². The van der Waals surface area contributed by atoms with E-state index in [1.807, 2.05) is 0 Å². The van der Waals surface area contributed by atoms with Gasteiger partial charge in [0.25, 0.3) is 0 Å². The summed E-state index contributed by atoms with van der Waals surface area (Å²) in [6.07, 6.45) is 16.0. The van der Waals surface area contributed by atoms with E-state index >= 15 is 0 Å². The summed E-state index contributed by atoms with van der Waals surface area (Å²) >= 11 is 0. The summed E-state index contributed by atoms with van der Waals surface area (Å²) < 4.78 is 0. The first-order valence-corrected chi connectivity index (χ1v) is 12.6. The van der Waals surface area contributed by atoms with Gasteiger partial charge in [-0.05, 0) is 24.3 Å². The van der Waals surface area contributed by atoms with Crippen molar-refractivity contribution in [2.24, 2.45) is 5.92 Å². The van der Waals surface area contributed by atoms with Crippen molar-refractivity contribution in [3.63, 3.8) is 0 Å². The maximum atomic E-state index is 3.79. The van der Waals surface area contributed by atoms with E-state index in [9.17, 15) is 0 Å². The van der Waals surface area contributed by atoms with Gasteiger partial charge in [0.05, 0.1) is 0 Å². The van der Waals surface area contributed by atoms with Gasteiger partial charge in [0.15, 0.2) is 0 Å². The monoisotopic (exact) mass is 296 g/mol. The third-order valence-electron chi connectivity index (χ3n) is 4.74. The van der Waals surface area contributed by atoms with Crippen molar-refractivity contribution in [1.82, 2.24) is 0 Å². The maximum absolute atomic E-state index is 3.79. The largest absolute Gasteiger partial charge is 0.103 e. The zero-order valence-corrected chi connectivity index (χ0v) is 16.0.